The number of aliphatic hydroxyl groups is 4. The molecule has 230 valence electrons. The van der Waals surface area contributed by atoms with Crippen LogP contribution in [-0.2, 0) is 9.59 Å². The zero-order valence-corrected chi connectivity index (χ0v) is 25.3. The van der Waals surface area contributed by atoms with Crippen LogP contribution in [0.4, 0.5) is 0 Å². The number of nitrogens with two attached hydrogens (primary N) is 2. The highest BCUT2D eigenvalue weighted by Crippen LogP contribution is 2.69. The monoisotopic (exact) mass is 573 g/mol. The molecule has 0 aromatic heterocycles. The summed E-state index contributed by atoms with van der Waals surface area (Å²) in [7, 11) is 0. The normalized spacial score (nSPS) is 42.0. The van der Waals surface area contributed by atoms with Crippen molar-refractivity contribution in [3.8, 4) is 0 Å². The van der Waals surface area contributed by atoms with E-state index in [-0.39, 0.29) is 54.2 Å². The fourth-order valence-corrected chi connectivity index (χ4v) is 9.47. The Morgan fingerprint density at radius 1 is 1.17 bits per heavy atom. The van der Waals surface area contributed by atoms with Gasteiger partial charge < -0.3 is 36.7 Å². The van der Waals surface area contributed by atoms with Gasteiger partial charge in [0.05, 0.1) is 23.9 Å². The molecule has 0 spiro atoms. The van der Waals surface area contributed by atoms with E-state index in [0.717, 1.165) is 11.9 Å². The van der Waals surface area contributed by atoms with Crippen LogP contribution in [0.25, 0.3) is 0 Å². The number of aliphatic hydroxyl groups excluding tert-OH is 3. The summed E-state index contributed by atoms with van der Waals surface area (Å²) in [4.78, 5) is 29.0. The van der Waals surface area contributed by atoms with E-state index in [2.05, 4.69) is 25.8 Å². The number of fused-ring (bicyclic) bond motifs is 5. The first-order valence-corrected chi connectivity index (χ1v) is 15.3. The Kier molecular flexibility index (Phi) is 8.97. The molecular weight excluding hydrogens is 522 g/mol. The summed E-state index contributed by atoms with van der Waals surface area (Å²) in [5.41, 5.74) is 10.7. The number of carbonyl (C=O) groups excluding carboxylic acids is 2. The van der Waals surface area contributed by atoms with Gasteiger partial charge in [-0.3, -0.25) is 9.79 Å². The first-order chi connectivity index (χ1) is 19.1. The van der Waals surface area contributed by atoms with Gasteiger partial charge in [-0.2, -0.15) is 0 Å². The molecule has 3 saturated carbocycles. The van der Waals surface area contributed by atoms with Crippen molar-refractivity contribution in [2.45, 2.75) is 103 Å². The highest BCUT2D eigenvalue weighted by Gasteiger charge is 2.69. The Bertz CT molecular complexity index is 1110. The molecule has 8 N–H and O–H groups in total. The molecule has 0 saturated heterocycles. The summed E-state index contributed by atoms with van der Waals surface area (Å²) in [6.45, 7) is 10.6. The fraction of sp³-hybridized carbons (Fsp3) is 0.781. The predicted octanol–water partition coefficient (Wildman–Crippen LogP) is 2.25. The van der Waals surface area contributed by atoms with Gasteiger partial charge in [0.25, 0.3) is 0 Å². The molecule has 0 aromatic carbocycles. The molecule has 9 heteroatoms. The van der Waals surface area contributed by atoms with Crippen molar-refractivity contribution in [1.82, 2.24) is 0 Å². The maximum atomic E-state index is 13.6. The van der Waals surface area contributed by atoms with Crippen LogP contribution in [0.2, 0.25) is 0 Å². The second-order valence-corrected chi connectivity index (χ2v) is 14.2. The van der Waals surface area contributed by atoms with Crippen LogP contribution in [0.15, 0.2) is 28.3 Å². The third-order valence-corrected chi connectivity index (χ3v) is 11.7. The van der Waals surface area contributed by atoms with Gasteiger partial charge in [-0.25, -0.2) is 0 Å². The van der Waals surface area contributed by atoms with Crippen LogP contribution in [0.1, 0.15) is 79.6 Å². The van der Waals surface area contributed by atoms with Crippen molar-refractivity contribution in [2.24, 2.45) is 62.8 Å². The van der Waals surface area contributed by atoms with Crippen molar-refractivity contribution in [3.05, 3.63) is 23.3 Å². The number of carbonyl (C=O) groups is 2. The van der Waals surface area contributed by atoms with Gasteiger partial charge in [0.2, 0.25) is 0 Å². The van der Waals surface area contributed by atoms with Gasteiger partial charge in [-0.15, -0.1) is 0 Å². The smallest absolute Gasteiger partial charge is 0.185 e. The van der Waals surface area contributed by atoms with E-state index < -0.39 is 40.7 Å². The molecule has 0 heterocycles. The lowest BCUT2D eigenvalue weighted by atomic mass is 9.43. The van der Waals surface area contributed by atoms with E-state index >= 15 is 0 Å². The minimum atomic E-state index is -1.26. The molecular formula is C32H51N3O6. The Hall–Kier alpha value is -2.07. The lowest BCUT2D eigenvalue weighted by Gasteiger charge is -2.62. The average molecular weight is 574 g/mol. The van der Waals surface area contributed by atoms with Gasteiger partial charge in [-0.05, 0) is 85.2 Å². The van der Waals surface area contributed by atoms with Gasteiger partial charge in [0.15, 0.2) is 11.7 Å². The molecule has 0 aromatic rings. The first-order valence-electron chi connectivity index (χ1n) is 15.3. The van der Waals surface area contributed by atoms with Crippen LogP contribution in [0.5, 0.6) is 0 Å². The molecule has 11 unspecified atom stereocenters. The molecule has 11 atom stereocenters. The topological polar surface area (TPSA) is 179 Å². The SMILES string of the molecule is CC(C)C(=CCC=O)CC(O)C(C)C1CCC2(O)C3=CC(=O)C4CC(O)C(O)CC4(C)C3C(CN=C(N)N)CC12C. The van der Waals surface area contributed by atoms with Crippen molar-refractivity contribution in [1.29, 1.82) is 0 Å². The quantitative estimate of drug-likeness (QED) is 0.105. The van der Waals surface area contributed by atoms with Crippen LogP contribution in [-0.4, -0.2) is 68.9 Å². The second-order valence-electron chi connectivity index (χ2n) is 14.2. The van der Waals surface area contributed by atoms with Crippen molar-refractivity contribution < 1.29 is 30.0 Å². The number of aliphatic imine (C=N–C) groups is 1. The molecule has 3 fully saturated rings. The molecule has 0 amide bonds. The van der Waals surface area contributed by atoms with Crippen LogP contribution in [0, 0.1) is 46.3 Å². The Morgan fingerprint density at radius 2 is 1.85 bits per heavy atom. The standard InChI is InChI=1S/C32H51N3O6/c1-17(2)19(7-6-10-36)11-24(37)18(3)21-8-9-32(41)23-13-25(38)22-12-26(39)27(40)15-30(22,4)28(23)20(14-31(21,32)5)16-35-29(33)34/h7,10,13,17-18,20-22,24,26-28,37,39-41H,6,8-9,11-12,14-16H2,1-5H3,(H4,33,34,35). The molecule has 0 radical (unpaired) electrons. The molecule has 41 heavy (non-hydrogen) atoms. The number of allylic oxidation sites excluding steroid dienone is 2. The third-order valence-electron chi connectivity index (χ3n) is 11.7. The van der Waals surface area contributed by atoms with Crippen molar-refractivity contribution in [2.75, 3.05) is 6.54 Å². The number of rotatable bonds is 9. The number of nitrogens with zero attached hydrogens (tertiary/aromatic N) is 1. The van der Waals surface area contributed by atoms with E-state index in [1.165, 1.54) is 0 Å². The highest BCUT2D eigenvalue weighted by atomic mass is 16.3. The lowest BCUT2D eigenvalue weighted by Crippen LogP contribution is -2.64. The Balaban J connectivity index is 1.74. The van der Waals surface area contributed by atoms with Crippen molar-refractivity contribution >= 4 is 18.0 Å². The largest absolute Gasteiger partial charge is 0.393 e. The van der Waals surface area contributed by atoms with Crippen LogP contribution < -0.4 is 11.5 Å². The van der Waals surface area contributed by atoms with Gasteiger partial charge >= 0.3 is 0 Å². The fourth-order valence-electron chi connectivity index (χ4n) is 9.47. The van der Waals surface area contributed by atoms with E-state index in [4.69, 9.17) is 11.5 Å². The molecule has 4 aliphatic carbocycles. The summed E-state index contributed by atoms with van der Waals surface area (Å²) in [6, 6.07) is 0. The zero-order valence-electron chi connectivity index (χ0n) is 25.3. The molecule has 4 rings (SSSR count). The zero-order chi connectivity index (χ0) is 30.5. The Morgan fingerprint density at radius 3 is 2.46 bits per heavy atom. The number of hydrogen-bond donors (Lipinski definition) is 6. The van der Waals surface area contributed by atoms with Crippen LogP contribution in [0.3, 0.4) is 0 Å². The summed E-state index contributed by atoms with van der Waals surface area (Å²) in [6.07, 6.45) is 4.78. The van der Waals surface area contributed by atoms with E-state index in [0.29, 0.717) is 44.2 Å². The van der Waals surface area contributed by atoms with Crippen LogP contribution >= 0.6 is 0 Å². The third kappa shape index (κ3) is 5.32. The van der Waals surface area contributed by atoms with Crippen molar-refractivity contribution in [3.63, 3.8) is 0 Å². The highest BCUT2D eigenvalue weighted by molar-refractivity contribution is 5.95. The Labute approximate surface area is 244 Å². The second kappa shape index (κ2) is 11.5. The summed E-state index contributed by atoms with van der Waals surface area (Å²) in [5.74, 6) is -0.941. The molecule has 4 aliphatic rings. The minimum absolute atomic E-state index is 0.0238. The number of guanidine groups is 1. The molecule has 0 aliphatic heterocycles. The minimum Gasteiger partial charge on any atom is -0.393 e. The molecule has 9 nitrogen and oxygen atoms in total. The summed E-state index contributed by atoms with van der Waals surface area (Å²) >= 11 is 0. The predicted molar refractivity (Wildman–Crippen MR) is 157 cm³/mol. The average Bonchev–Trinajstić information content (AvgIpc) is 3.16. The maximum Gasteiger partial charge on any atom is 0.185 e. The van der Waals surface area contributed by atoms with Gasteiger partial charge in [0, 0.05) is 24.3 Å². The maximum absolute atomic E-state index is 13.6. The lowest BCUT2D eigenvalue weighted by molar-refractivity contribution is -0.164. The van der Waals surface area contributed by atoms with Gasteiger partial charge in [0.1, 0.15) is 6.29 Å². The molecule has 0 bridgehead atoms. The number of aldehydes is 1. The van der Waals surface area contributed by atoms with E-state index in [9.17, 15) is 30.0 Å². The van der Waals surface area contributed by atoms with E-state index in [1.54, 1.807) is 6.08 Å². The summed E-state index contributed by atoms with van der Waals surface area (Å²) < 4.78 is 0. The number of ketones is 1. The van der Waals surface area contributed by atoms with Gasteiger partial charge in [-0.1, -0.05) is 46.3 Å². The summed E-state index contributed by atoms with van der Waals surface area (Å²) in [5, 5.41) is 45.3. The van der Waals surface area contributed by atoms with E-state index in [1.807, 2.05) is 19.9 Å². The number of hydrogen-bond acceptors (Lipinski definition) is 7. The first kappa shape index (κ1) is 31.9.